The van der Waals surface area contributed by atoms with Gasteiger partial charge in [-0.1, -0.05) is 97.9 Å². The van der Waals surface area contributed by atoms with Crippen LogP contribution in [-0.4, -0.2) is 76.3 Å². The highest BCUT2D eigenvalue weighted by Crippen LogP contribution is 2.43. The van der Waals surface area contributed by atoms with Crippen LogP contribution >= 0.6 is 0 Å². The van der Waals surface area contributed by atoms with Gasteiger partial charge in [0.05, 0.1) is 24.9 Å². The summed E-state index contributed by atoms with van der Waals surface area (Å²) in [5.41, 5.74) is 5.84. The van der Waals surface area contributed by atoms with Crippen molar-refractivity contribution < 1.29 is 42.4 Å². The summed E-state index contributed by atoms with van der Waals surface area (Å²) in [6.07, 6.45) is -6.59. The number of halogens is 3. The number of rotatable bonds is 12. The zero-order chi connectivity index (χ0) is 39.3. The number of nitrogens with one attached hydrogen (secondary N) is 1. The van der Waals surface area contributed by atoms with Gasteiger partial charge in [-0.15, -0.1) is 0 Å². The first-order valence-electron chi connectivity index (χ1n) is 18.6. The average Bonchev–Trinajstić information content (AvgIpc) is 3.70. The maximum Gasteiger partial charge on any atom is 0.471 e. The highest BCUT2D eigenvalue weighted by molar-refractivity contribution is 5.90. The number of benzene rings is 4. The molecule has 292 valence electrons. The van der Waals surface area contributed by atoms with Gasteiger partial charge in [0, 0.05) is 37.2 Å². The van der Waals surface area contributed by atoms with E-state index in [0.717, 1.165) is 38.9 Å². The lowest BCUT2D eigenvalue weighted by Crippen LogP contribution is -2.50. The SMILES string of the molecule is C[C@H]1[C@@H](CN(C)[C@H](C)[C@@H](O)c2ccccc2)O[C@@H](c2cccc(-c3cccc(CNC(=O)[C@@H]4CCCN4C(=O)C(F)(F)F)c3)c2)O[C@H]1c1ccc(CO)cc1. The molecule has 3 N–H and O–H groups in total. The molecule has 7 atom stereocenters. The summed E-state index contributed by atoms with van der Waals surface area (Å²) in [5, 5.41) is 23.6. The van der Waals surface area contributed by atoms with Crippen molar-refractivity contribution in [1.82, 2.24) is 15.1 Å². The van der Waals surface area contributed by atoms with Crippen LogP contribution in [0.4, 0.5) is 13.2 Å². The minimum Gasteiger partial charge on any atom is -0.392 e. The van der Waals surface area contributed by atoms with Gasteiger partial charge in [-0.2, -0.15) is 13.2 Å². The van der Waals surface area contributed by atoms with Gasteiger partial charge in [-0.25, -0.2) is 0 Å². The Morgan fingerprint density at radius 1 is 0.909 bits per heavy atom. The number of nitrogens with zero attached hydrogens (tertiary/aromatic N) is 2. The molecule has 2 heterocycles. The highest BCUT2D eigenvalue weighted by Gasteiger charge is 2.47. The third-order valence-electron chi connectivity index (χ3n) is 10.8. The molecule has 0 bridgehead atoms. The van der Waals surface area contributed by atoms with E-state index >= 15 is 0 Å². The van der Waals surface area contributed by atoms with Crippen molar-refractivity contribution >= 4 is 11.8 Å². The molecule has 12 heteroatoms. The molecule has 2 fully saturated rings. The lowest BCUT2D eigenvalue weighted by Gasteiger charge is -2.43. The predicted molar refractivity (Wildman–Crippen MR) is 201 cm³/mol. The monoisotopic (exact) mass is 759 g/mol. The summed E-state index contributed by atoms with van der Waals surface area (Å²) in [6, 6.07) is 31.2. The predicted octanol–water partition coefficient (Wildman–Crippen LogP) is 6.86. The number of carbonyl (C=O) groups excluding carboxylic acids is 2. The average molecular weight is 760 g/mol. The Bertz CT molecular complexity index is 1910. The molecule has 4 aromatic rings. The molecule has 2 amide bonds. The highest BCUT2D eigenvalue weighted by atomic mass is 19.4. The third kappa shape index (κ3) is 9.45. The molecule has 4 aromatic carbocycles. The lowest BCUT2D eigenvalue weighted by molar-refractivity contribution is -0.276. The van der Waals surface area contributed by atoms with Crippen LogP contribution in [0, 0.1) is 5.92 Å². The molecular formula is C43H48F3N3O6. The Kier molecular flexibility index (Phi) is 12.7. The topological polar surface area (TPSA) is 112 Å². The maximum atomic E-state index is 13.1. The largest absolute Gasteiger partial charge is 0.471 e. The van der Waals surface area contributed by atoms with Gasteiger partial charge in [-0.3, -0.25) is 14.5 Å². The van der Waals surface area contributed by atoms with Crippen molar-refractivity contribution in [2.24, 2.45) is 5.92 Å². The quantitative estimate of drug-likeness (QED) is 0.145. The molecule has 0 unspecified atom stereocenters. The number of aliphatic hydroxyl groups excluding tert-OH is 2. The molecule has 0 aliphatic carbocycles. The fraction of sp³-hybridized carbons (Fsp3) is 0.395. The van der Waals surface area contributed by atoms with Crippen LogP contribution in [0.1, 0.15) is 73.0 Å². The molecule has 2 aliphatic rings. The molecule has 9 nitrogen and oxygen atoms in total. The normalized spacial score (nSPS) is 22.7. The Morgan fingerprint density at radius 2 is 1.60 bits per heavy atom. The Balaban J connectivity index is 1.19. The molecule has 0 aromatic heterocycles. The molecule has 2 aliphatic heterocycles. The van der Waals surface area contributed by atoms with Crippen LogP contribution < -0.4 is 5.32 Å². The van der Waals surface area contributed by atoms with Gasteiger partial charge in [0.1, 0.15) is 6.04 Å². The first kappa shape index (κ1) is 40.1. The van der Waals surface area contributed by atoms with Gasteiger partial charge in [0.25, 0.3) is 0 Å². The fourth-order valence-electron chi connectivity index (χ4n) is 7.43. The summed E-state index contributed by atoms with van der Waals surface area (Å²) >= 11 is 0. The number of aliphatic hydroxyl groups is 2. The fourth-order valence-corrected chi connectivity index (χ4v) is 7.43. The summed E-state index contributed by atoms with van der Waals surface area (Å²) < 4.78 is 52.7. The second-order valence-corrected chi connectivity index (χ2v) is 14.6. The minimum absolute atomic E-state index is 0.0649. The number of alkyl halides is 3. The van der Waals surface area contributed by atoms with E-state index in [9.17, 15) is 33.0 Å². The number of carbonyl (C=O) groups is 2. The van der Waals surface area contributed by atoms with Crippen molar-refractivity contribution in [2.45, 2.75) is 82.7 Å². The van der Waals surface area contributed by atoms with Crippen LogP contribution in [0.5, 0.6) is 0 Å². The molecule has 6 rings (SSSR count). The standard InChI is InChI=1S/C43H48F3N3O6/c1-27-37(25-48(3)28(2)38(51)31-11-5-4-6-12-31)54-41(55-39(27)32-19-17-29(26-50)18-20-32)35-15-8-14-34(23-35)33-13-7-10-30(22-33)24-47-40(52)36-16-9-21-49(36)42(53)43(44,45)46/h4-8,10-15,17-20,22-23,27-28,36-39,41,50-51H,9,16,21,24-26H2,1-3H3,(H,47,52)/t27-,28+,36-,37+,38+,39+,41+/m0/s1. The van der Waals surface area contributed by atoms with Crippen LogP contribution in [-0.2, 0) is 32.2 Å². The first-order chi connectivity index (χ1) is 26.3. The first-order valence-corrected chi connectivity index (χ1v) is 18.6. The van der Waals surface area contributed by atoms with Crippen LogP contribution in [0.25, 0.3) is 11.1 Å². The van der Waals surface area contributed by atoms with Crippen molar-refractivity contribution in [3.8, 4) is 11.1 Å². The Labute approximate surface area is 319 Å². The van der Waals surface area contributed by atoms with Crippen molar-refractivity contribution in [3.63, 3.8) is 0 Å². The van der Waals surface area contributed by atoms with Crippen molar-refractivity contribution in [2.75, 3.05) is 20.1 Å². The maximum absolute atomic E-state index is 13.1. The molecule has 0 saturated carbocycles. The lowest BCUT2D eigenvalue weighted by atomic mass is 9.89. The van der Waals surface area contributed by atoms with Crippen LogP contribution in [0.3, 0.4) is 0 Å². The number of ether oxygens (including phenoxy) is 2. The van der Waals surface area contributed by atoms with Gasteiger partial charge in [0.15, 0.2) is 6.29 Å². The van der Waals surface area contributed by atoms with Crippen molar-refractivity contribution in [1.29, 1.82) is 0 Å². The van der Waals surface area contributed by atoms with Crippen LogP contribution in [0.2, 0.25) is 0 Å². The number of hydrogen-bond acceptors (Lipinski definition) is 7. The molecular weight excluding hydrogens is 711 g/mol. The van der Waals surface area contributed by atoms with Gasteiger partial charge < -0.3 is 29.9 Å². The summed E-state index contributed by atoms with van der Waals surface area (Å²) in [4.78, 5) is 27.5. The van der Waals surface area contributed by atoms with E-state index in [1.165, 1.54) is 0 Å². The summed E-state index contributed by atoms with van der Waals surface area (Å²) in [7, 11) is 1.98. The van der Waals surface area contributed by atoms with E-state index in [4.69, 9.17) is 9.47 Å². The second kappa shape index (κ2) is 17.5. The minimum atomic E-state index is -5.04. The third-order valence-corrected chi connectivity index (χ3v) is 10.8. The van der Waals surface area contributed by atoms with E-state index in [1.54, 1.807) is 0 Å². The van der Waals surface area contributed by atoms with Gasteiger partial charge >= 0.3 is 12.1 Å². The number of likely N-dealkylation sites (tertiary alicyclic amines) is 1. The molecule has 2 saturated heterocycles. The zero-order valence-electron chi connectivity index (χ0n) is 31.2. The second-order valence-electron chi connectivity index (χ2n) is 14.6. The summed E-state index contributed by atoms with van der Waals surface area (Å²) in [6.45, 7) is 4.51. The number of hydrogen-bond donors (Lipinski definition) is 3. The molecule has 0 spiro atoms. The van der Waals surface area contributed by atoms with Gasteiger partial charge in [-0.05, 0) is 72.3 Å². The van der Waals surface area contributed by atoms with E-state index in [1.807, 2.05) is 117 Å². The van der Waals surface area contributed by atoms with Crippen LogP contribution in [0.15, 0.2) is 103 Å². The molecule has 55 heavy (non-hydrogen) atoms. The zero-order valence-corrected chi connectivity index (χ0v) is 31.2. The Hall–Kier alpha value is -4.59. The Morgan fingerprint density at radius 3 is 2.29 bits per heavy atom. The summed E-state index contributed by atoms with van der Waals surface area (Å²) in [5.74, 6) is -2.68. The van der Waals surface area contributed by atoms with Gasteiger partial charge in [0.2, 0.25) is 5.91 Å². The number of amides is 2. The van der Waals surface area contributed by atoms with E-state index in [-0.39, 0.29) is 50.3 Å². The smallest absolute Gasteiger partial charge is 0.392 e. The number of likely N-dealkylation sites (N-methyl/N-ethyl adjacent to an activating group) is 1. The van der Waals surface area contributed by atoms with E-state index in [2.05, 4.69) is 17.1 Å². The van der Waals surface area contributed by atoms with E-state index < -0.39 is 36.4 Å². The van der Waals surface area contributed by atoms with E-state index in [0.29, 0.717) is 17.9 Å². The molecule has 0 radical (unpaired) electrons. The van der Waals surface area contributed by atoms with Crippen molar-refractivity contribution in [3.05, 3.63) is 131 Å².